The normalized spacial score (nSPS) is 11.7. The summed E-state index contributed by atoms with van der Waals surface area (Å²) < 4.78 is 4.77. The topological polar surface area (TPSA) is 61.2 Å². The van der Waals surface area contributed by atoms with Crippen LogP contribution in [0.5, 0.6) is 0 Å². The maximum Gasteiger partial charge on any atom is 0.439 e. The zero-order chi connectivity index (χ0) is 9.94. The van der Waals surface area contributed by atoms with E-state index >= 15 is 0 Å². The lowest BCUT2D eigenvalue weighted by atomic mass is 10.2. The average Bonchev–Trinajstić information content (AvgIpc) is 2.16. The minimum atomic E-state index is 0.412. The van der Waals surface area contributed by atoms with Crippen molar-refractivity contribution in [1.82, 2.24) is 5.32 Å². The molecule has 78 valence electrons. The van der Waals surface area contributed by atoms with Gasteiger partial charge in [-0.25, -0.2) is 4.99 Å². The molecule has 0 amide bonds. The van der Waals surface area contributed by atoms with Crippen molar-refractivity contribution < 1.29 is 9.73 Å². The second kappa shape index (κ2) is 9.32. The molecule has 0 aromatic heterocycles. The fourth-order valence-electron chi connectivity index (χ4n) is 1.06. The molecule has 0 saturated heterocycles. The molecular formula is C9H22N3O+. The van der Waals surface area contributed by atoms with Crippen LogP contribution in [0.1, 0.15) is 25.7 Å². The van der Waals surface area contributed by atoms with E-state index in [0.29, 0.717) is 6.02 Å². The summed E-state index contributed by atoms with van der Waals surface area (Å²) in [5.74, 6) is 0. The van der Waals surface area contributed by atoms with E-state index in [-0.39, 0.29) is 0 Å². The van der Waals surface area contributed by atoms with E-state index < -0.39 is 0 Å². The van der Waals surface area contributed by atoms with Gasteiger partial charge >= 0.3 is 6.02 Å². The lowest BCUT2D eigenvalue weighted by molar-refractivity contribution is -0.468. The van der Waals surface area contributed by atoms with Crippen molar-refractivity contribution in [2.45, 2.75) is 25.7 Å². The molecule has 0 aromatic carbocycles. The number of nitrogens with two attached hydrogens (primary N) is 1. The number of nitrogens with one attached hydrogen (secondary N) is 2. The lowest BCUT2D eigenvalue weighted by Crippen LogP contribution is -2.75. The smallest absolute Gasteiger partial charge is 0.435 e. The predicted octanol–water partition coefficient (Wildman–Crippen LogP) is -1.19. The molecule has 0 spiro atoms. The van der Waals surface area contributed by atoms with E-state index in [1.54, 1.807) is 7.11 Å². The summed E-state index contributed by atoms with van der Waals surface area (Å²) in [6.45, 7) is 2.01. The van der Waals surface area contributed by atoms with Crippen LogP contribution >= 0.6 is 0 Å². The third-order valence-electron chi connectivity index (χ3n) is 1.87. The summed E-state index contributed by atoms with van der Waals surface area (Å²) in [5.41, 5.74) is 5.41. The Kier molecular flexibility index (Phi) is 8.77. The molecule has 0 fully saturated rings. The van der Waals surface area contributed by atoms with Crippen LogP contribution in [0, 0.1) is 0 Å². The Morgan fingerprint density at radius 2 is 2.00 bits per heavy atom. The van der Waals surface area contributed by atoms with E-state index in [1.807, 2.05) is 7.05 Å². The number of methoxy groups -OCH3 is 1. The molecule has 0 aliphatic heterocycles. The zero-order valence-electron chi connectivity index (χ0n) is 8.73. The van der Waals surface area contributed by atoms with E-state index in [4.69, 9.17) is 10.5 Å². The van der Waals surface area contributed by atoms with Gasteiger partial charge in [-0.2, -0.15) is 0 Å². The number of amidine groups is 1. The van der Waals surface area contributed by atoms with E-state index in [9.17, 15) is 0 Å². The highest BCUT2D eigenvalue weighted by Gasteiger charge is 1.93. The van der Waals surface area contributed by atoms with Crippen LogP contribution in [0.3, 0.4) is 0 Å². The van der Waals surface area contributed by atoms with Crippen molar-refractivity contribution in [2.24, 2.45) is 5.73 Å². The van der Waals surface area contributed by atoms with Crippen molar-refractivity contribution in [3.8, 4) is 0 Å². The third-order valence-corrected chi connectivity index (χ3v) is 1.87. The second-order valence-corrected chi connectivity index (χ2v) is 3.01. The summed E-state index contributed by atoms with van der Waals surface area (Å²) in [6, 6.07) is 0.412. The van der Waals surface area contributed by atoms with Crippen LogP contribution in [-0.2, 0) is 4.74 Å². The molecule has 0 heterocycles. The first kappa shape index (κ1) is 12.2. The predicted molar refractivity (Wildman–Crippen MR) is 54.4 cm³/mol. The molecule has 0 rings (SSSR count). The Bertz CT molecular complexity index is 137. The number of hydrogen-bond donors (Lipinski definition) is 3. The van der Waals surface area contributed by atoms with E-state index in [2.05, 4.69) is 10.3 Å². The van der Waals surface area contributed by atoms with Gasteiger partial charge in [0.1, 0.15) is 0 Å². The number of unbranched alkanes of at least 4 members (excludes halogenated alkanes) is 3. The largest absolute Gasteiger partial charge is 0.439 e. The molecule has 4 nitrogen and oxygen atoms in total. The number of hydrogen-bond acceptors (Lipinski definition) is 2. The molecule has 0 unspecified atom stereocenters. The van der Waals surface area contributed by atoms with Crippen LogP contribution in [0.25, 0.3) is 0 Å². The maximum absolute atomic E-state index is 5.41. The molecule has 0 radical (unpaired) electrons. The van der Waals surface area contributed by atoms with Gasteiger partial charge in [0, 0.05) is 0 Å². The van der Waals surface area contributed by atoms with E-state index in [0.717, 1.165) is 19.5 Å². The van der Waals surface area contributed by atoms with Crippen molar-refractivity contribution >= 4 is 6.02 Å². The van der Waals surface area contributed by atoms with Gasteiger partial charge < -0.3 is 10.1 Å². The maximum atomic E-state index is 5.41. The Morgan fingerprint density at radius 1 is 1.31 bits per heavy atom. The monoisotopic (exact) mass is 188 g/mol. The molecule has 0 aliphatic carbocycles. The van der Waals surface area contributed by atoms with Crippen molar-refractivity contribution in [3.63, 3.8) is 0 Å². The second-order valence-electron chi connectivity index (χ2n) is 3.01. The molecule has 0 aliphatic rings. The van der Waals surface area contributed by atoms with Gasteiger partial charge in [-0.3, -0.25) is 5.73 Å². The molecule has 4 N–H and O–H groups in total. The Morgan fingerprint density at radius 3 is 2.62 bits per heavy atom. The van der Waals surface area contributed by atoms with Crippen LogP contribution in [0.4, 0.5) is 0 Å². The first-order valence-electron chi connectivity index (χ1n) is 4.86. The third kappa shape index (κ3) is 9.14. The summed E-state index contributed by atoms with van der Waals surface area (Å²) >= 11 is 0. The molecular weight excluding hydrogens is 166 g/mol. The molecule has 0 atom stereocenters. The first-order valence-corrected chi connectivity index (χ1v) is 4.86. The number of ether oxygens (including phenoxy) is 1. The van der Waals surface area contributed by atoms with Crippen LogP contribution < -0.4 is 16.0 Å². The fraction of sp³-hybridized carbons (Fsp3) is 0.889. The highest BCUT2D eigenvalue weighted by Crippen LogP contribution is 1.95. The molecule has 0 saturated carbocycles. The average molecular weight is 188 g/mol. The fourth-order valence-corrected chi connectivity index (χ4v) is 1.06. The Hall–Kier alpha value is -0.770. The van der Waals surface area contributed by atoms with Gasteiger partial charge in [0.25, 0.3) is 0 Å². The molecule has 0 aromatic rings. The summed E-state index contributed by atoms with van der Waals surface area (Å²) in [5, 5.41) is 3.13. The van der Waals surface area contributed by atoms with Gasteiger partial charge in [0.15, 0.2) is 0 Å². The van der Waals surface area contributed by atoms with Gasteiger partial charge in [-0.15, -0.1) is 0 Å². The molecule has 13 heavy (non-hydrogen) atoms. The zero-order valence-corrected chi connectivity index (χ0v) is 8.73. The van der Waals surface area contributed by atoms with E-state index in [1.165, 1.54) is 19.3 Å². The van der Waals surface area contributed by atoms with Crippen LogP contribution in [0.2, 0.25) is 0 Å². The van der Waals surface area contributed by atoms with Gasteiger partial charge in [0.2, 0.25) is 0 Å². The summed E-state index contributed by atoms with van der Waals surface area (Å²) in [7, 11) is 3.55. The standard InChI is InChI=1S/C9H21N3O/c1-11-7-5-3-4-6-8-12-9(10)13-2/h11H,3-8H2,1-2H3,(H2,10,12)/p+1. The van der Waals surface area contributed by atoms with Gasteiger partial charge in [-0.05, 0) is 32.9 Å². The van der Waals surface area contributed by atoms with Crippen molar-refractivity contribution in [2.75, 3.05) is 27.2 Å². The van der Waals surface area contributed by atoms with Gasteiger partial charge in [-0.1, -0.05) is 6.42 Å². The number of rotatable bonds is 7. The minimum Gasteiger partial charge on any atom is -0.435 e. The Labute approximate surface area is 80.6 Å². The lowest BCUT2D eigenvalue weighted by Gasteiger charge is -1.98. The van der Waals surface area contributed by atoms with Crippen LogP contribution in [-0.4, -0.2) is 33.3 Å². The van der Waals surface area contributed by atoms with Crippen molar-refractivity contribution in [3.05, 3.63) is 0 Å². The van der Waals surface area contributed by atoms with Crippen molar-refractivity contribution in [1.29, 1.82) is 0 Å². The minimum absolute atomic E-state index is 0.412. The van der Waals surface area contributed by atoms with Crippen LogP contribution in [0.15, 0.2) is 0 Å². The summed E-state index contributed by atoms with van der Waals surface area (Å²) in [4.78, 5) is 2.98. The highest BCUT2D eigenvalue weighted by atomic mass is 16.5. The Balaban J connectivity index is 3.08. The highest BCUT2D eigenvalue weighted by molar-refractivity contribution is 5.64. The van der Waals surface area contributed by atoms with Gasteiger partial charge in [0.05, 0.1) is 13.7 Å². The molecule has 0 bridgehead atoms. The summed E-state index contributed by atoms with van der Waals surface area (Å²) in [6.07, 6.45) is 4.91. The SMILES string of the molecule is CNCCCCCC[NH+]=C(N)OC. The quantitative estimate of drug-likeness (QED) is 0.267. The first-order chi connectivity index (χ1) is 6.31. The molecule has 4 heteroatoms.